The maximum absolute atomic E-state index is 13.1. The highest BCUT2D eigenvalue weighted by Gasteiger charge is 2.40. The molecule has 0 bridgehead atoms. The number of benzene rings is 2. The van der Waals surface area contributed by atoms with E-state index in [1.54, 1.807) is 6.07 Å². The Bertz CT molecular complexity index is 1760. The molecule has 3 heterocycles. The van der Waals surface area contributed by atoms with Crippen molar-refractivity contribution in [3.8, 4) is 11.1 Å². The molecule has 2 aromatic carbocycles. The molecule has 1 saturated heterocycles. The number of rotatable bonds is 6. The lowest BCUT2D eigenvalue weighted by atomic mass is 10.1. The zero-order chi connectivity index (χ0) is 28.3. The van der Waals surface area contributed by atoms with Gasteiger partial charge in [0, 0.05) is 13.3 Å². The summed E-state index contributed by atoms with van der Waals surface area (Å²) in [4.78, 5) is 56.5. The second-order valence-corrected chi connectivity index (χ2v) is 10.9. The zero-order valence-corrected chi connectivity index (χ0v) is 22.0. The average molecular weight is 568 g/mol. The van der Waals surface area contributed by atoms with E-state index in [4.69, 9.17) is 20.3 Å². The molecule has 15 heteroatoms. The van der Waals surface area contributed by atoms with Crippen molar-refractivity contribution in [3.05, 3.63) is 63.9 Å². The van der Waals surface area contributed by atoms with Crippen molar-refractivity contribution in [3.63, 3.8) is 0 Å². The number of H-pyrrole nitrogens is 1. The molecule has 1 aliphatic carbocycles. The van der Waals surface area contributed by atoms with Crippen molar-refractivity contribution in [2.45, 2.75) is 38.2 Å². The number of aliphatic hydroxyl groups is 1. The molecule has 0 unspecified atom stereocenters. The number of nitrogen functional groups attached to an aromatic ring is 1. The molecule has 6 N–H and O–H groups in total. The van der Waals surface area contributed by atoms with Crippen LogP contribution in [0.2, 0.25) is 0 Å². The van der Waals surface area contributed by atoms with E-state index < -0.39 is 44.3 Å². The van der Waals surface area contributed by atoms with E-state index in [0.717, 1.165) is 16.7 Å². The first-order valence-corrected chi connectivity index (χ1v) is 13.9. The normalized spacial score (nSPS) is 20.1. The number of nitrogens with zero attached hydrogens (tertiary/aromatic N) is 4. The standard InChI is InChI=1S/C25H25N6O8P/c1-12(32)30(15-6-7-17-14(9-15)8-13-4-2-3-5-16(13)17)25-27-21-22(28-24(26)29-23(21)34)31(25)20-10-18(33)19(39-20)11-38-40(35,36)37/h2-7,9,18-20,33H,8,10-11H2,1H3,(H2,35,36,37)(H3,26,28,29,34)/t18-,19+,20+/m0/s1. The molecule has 3 atom stereocenters. The van der Waals surface area contributed by atoms with Crippen LogP contribution in [0.25, 0.3) is 22.3 Å². The van der Waals surface area contributed by atoms with Gasteiger partial charge in [-0.3, -0.25) is 28.6 Å². The minimum absolute atomic E-state index is 0.00434. The summed E-state index contributed by atoms with van der Waals surface area (Å²) in [6, 6.07) is 13.6. The molecular weight excluding hydrogens is 543 g/mol. The summed E-state index contributed by atoms with van der Waals surface area (Å²) in [5.41, 5.74) is 9.90. The van der Waals surface area contributed by atoms with Gasteiger partial charge in [-0.2, -0.15) is 4.98 Å². The van der Waals surface area contributed by atoms with Crippen LogP contribution in [0.15, 0.2) is 47.3 Å². The van der Waals surface area contributed by atoms with Gasteiger partial charge < -0.3 is 25.4 Å². The molecular formula is C25H25N6O8P. The average Bonchev–Trinajstić information content (AvgIpc) is 3.54. The Morgan fingerprint density at radius 1 is 1.23 bits per heavy atom. The van der Waals surface area contributed by atoms with Crippen molar-refractivity contribution in [2.75, 3.05) is 17.2 Å². The lowest BCUT2D eigenvalue weighted by Gasteiger charge is -2.25. The fraction of sp³-hybridized carbons (Fsp3) is 0.280. The molecule has 4 aromatic rings. The van der Waals surface area contributed by atoms with Gasteiger partial charge in [0.05, 0.1) is 18.4 Å². The molecule has 0 spiro atoms. The van der Waals surface area contributed by atoms with Gasteiger partial charge >= 0.3 is 7.82 Å². The van der Waals surface area contributed by atoms with Gasteiger partial charge in [0.2, 0.25) is 17.8 Å². The third-order valence-corrected chi connectivity index (χ3v) is 7.49. The maximum atomic E-state index is 13.1. The molecule has 1 amide bonds. The number of nitrogens with two attached hydrogens (primary N) is 1. The number of carbonyl (C=O) groups excluding carboxylic acids is 1. The van der Waals surface area contributed by atoms with Crippen molar-refractivity contribution in [1.82, 2.24) is 19.5 Å². The van der Waals surface area contributed by atoms with Crippen LogP contribution in [-0.4, -0.2) is 59.1 Å². The Hall–Kier alpha value is -3.91. The monoisotopic (exact) mass is 568 g/mol. The highest BCUT2D eigenvalue weighted by molar-refractivity contribution is 7.46. The van der Waals surface area contributed by atoms with Crippen LogP contribution in [0.5, 0.6) is 0 Å². The molecule has 0 saturated carbocycles. The number of fused-ring (bicyclic) bond motifs is 4. The molecule has 14 nitrogen and oxygen atoms in total. The van der Waals surface area contributed by atoms with Gasteiger partial charge in [-0.25, -0.2) is 9.55 Å². The number of aromatic amines is 1. The third-order valence-electron chi connectivity index (χ3n) is 7.00. The summed E-state index contributed by atoms with van der Waals surface area (Å²) in [7, 11) is -4.82. The number of ether oxygens (including phenoxy) is 1. The van der Waals surface area contributed by atoms with E-state index >= 15 is 0 Å². The summed E-state index contributed by atoms with van der Waals surface area (Å²) in [6.07, 6.45) is -2.74. The number of aliphatic hydroxyl groups excluding tert-OH is 1. The Kier molecular flexibility index (Phi) is 6.33. The van der Waals surface area contributed by atoms with E-state index in [1.165, 1.54) is 22.0 Å². The lowest BCUT2D eigenvalue weighted by Crippen LogP contribution is -2.28. The molecule has 208 valence electrons. The van der Waals surface area contributed by atoms with Crippen LogP contribution in [0.3, 0.4) is 0 Å². The number of hydrogen-bond acceptors (Lipinski definition) is 9. The first-order chi connectivity index (χ1) is 19.0. The Balaban J connectivity index is 1.46. The van der Waals surface area contributed by atoms with Crippen LogP contribution in [0.4, 0.5) is 17.6 Å². The lowest BCUT2D eigenvalue weighted by molar-refractivity contribution is -0.116. The molecule has 1 aliphatic heterocycles. The first-order valence-electron chi connectivity index (χ1n) is 12.3. The number of phosphoric acid groups is 1. The van der Waals surface area contributed by atoms with Crippen molar-refractivity contribution >= 4 is 42.5 Å². The number of imidazole rings is 1. The van der Waals surface area contributed by atoms with Crippen LogP contribution in [-0.2, 0) is 25.0 Å². The summed E-state index contributed by atoms with van der Waals surface area (Å²) >= 11 is 0. The van der Waals surface area contributed by atoms with Gasteiger partial charge in [-0.05, 0) is 40.8 Å². The van der Waals surface area contributed by atoms with E-state index in [-0.39, 0.29) is 29.5 Å². The zero-order valence-electron chi connectivity index (χ0n) is 21.1. The fourth-order valence-corrected chi connectivity index (χ4v) is 5.66. The Morgan fingerprint density at radius 2 is 1.98 bits per heavy atom. The number of amides is 1. The van der Waals surface area contributed by atoms with Crippen LogP contribution in [0.1, 0.15) is 30.7 Å². The van der Waals surface area contributed by atoms with Crippen molar-refractivity contribution in [2.24, 2.45) is 0 Å². The molecule has 0 radical (unpaired) electrons. The molecule has 2 aliphatic rings. The van der Waals surface area contributed by atoms with Crippen molar-refractivity contribution in [1.29, 1.82) is 0 Å². The number of aromatic nitrogens is 4. The topological polar surface area (TPSA) is 206 Å². The highest BCUT2D eigenvalue weighted by Crippen LogP contribution is 2.42. The molecule has 1 fully saturated rings. The van der Waals surface area contributed by atoms with E-state index in [9.17, 15) is 19.3 Å². The Morgan fingerprint density at radius 3 is 2.73 bits per heavy atom. The Labute approximate surface area is 226 Å². The largest absolute Gasteiger partial charge is 0.469 e. The first kappa shape index (κ1) is 26.3. The SMILES string of the molecule is CC(=O)N(c1ccc2c(c1)Cc1ccccc1-2)c1nc2c(=O)[nH]c(N)nc2n1[C@H]1C[C@H](O)[C@@H](COP(=O)(O)O)O1. The van der Waals surface area contributed by atoms with Gasteiger partial charge in [0.15, 0.2) is 11.2 Å². The van der Waals surface area contributed by atoms with Gasteiger partial charge in [0.1, 0.15) is 12.3 Å². The second-order valence-electron chi connectivity index (χ2n) is 9.65. The summed E-state index contributed by atoms with van der Waals surface area (Å²) in [6.45, 7) is 0.751. The number of nitrogens with one attached hydrogen (secondary N) is 1. The smallest absolute Gasteiger partial charge is 0.390 e. The fourth-order valence-electron chi connectivity index (χ4n) is 5.31. The second kappa shape index (κ2) is 9.63. The highest BCUT2D eigenvalue weighted by atomic mass is 31.2. The van der Waals surface area contributed by atoms with Crippen LogP contribution in [0, 0.1) is 0 Å². The number of hydrogen-bond donors (Lipinski definition) is 5. The number of phosphoric ester groups is 1. The quantitative estimate of drug-likeness (QED) is 0.186. The van der Waals surface area contributed by atoms with Crippen LogP contribution >= 0.6 is 7.82 Å². The minimum Gasteiger partial charge on any atom is -0.390 e. The summed E-state index contributed by atoms with van der Waals surface area (Å²) < 4.78 is 23.0. The number of anilines is 3. The van der Waals surface area contributed by atoms with Gasteiger partial charge in [0.25, 0.3) is 5.56 Å². The van der Waals surface area contributed by atoms with E-state index in [1.807, 2.05) is 30.3 Å². The van der Waals surface area contributed by atoms with E-state index in [0.29, 0.717) is 12.1 Å². The predicted octanol–water partition coefficient (Wildman–Crippen LogP) is 1.72. The minimum atomic E-state index is -4.82. The van der Waals surface area contributed by atoms with Crippen molar-refractivity contribution < 1.29 is 33.5 Å². The van der Waals surface area contributed by atoms with Gasteiger partial charge in [-0.1, -0.05) is 30.3 Å². The van der Waals surface area contributed by atoms with E-state index in [2.05, 4.69) is 25.5 Å². The summed E-state index contributed by atoms with van der Waals surface area (Å²) in [5, 5.41) is 10.6. The molecule has 40 heavy (non-hydrogen) atoms. The molecule has 6 rings (SSSR count). The predicted molar refractivity (Wildman–Crippen MR) is 143 cm³/mol. The van der Waals surface area contributed by atoms with Crippen LogP contribution < -0.4 is 16.2 Å². The molecule has 2 aromatic heterocycles. The third kappa shape index (κ3) is 4.60. The maximum Gasteiger partial charge on any atom is 0.469 e. The summed E-state index contributed by atoms with van der Waals surface area (Å²) in [5.74, 6) is -0.624. The number of carbonyl (C=O) groups is 1. The van der Waals surface area contributed by atoms with Gasteiger partial charge in [-0.15, -0.1) is 0 Å².